The molecule has 4 atom stereocenters. The van der Waals surface area contributed by atoms with E-state index in [1.807, 2.05) is 6.92 Å². The Balaban J connectivity index is 2.72. The molecule has 0 aliphatic heterocycles. The molecular formula is C16H28O4. The molecule has 0 amide bonds. The summed E-state index contributed by atoms with van der Waals surface area (Å²) in [5.74, 6) is -3.14. The highest BCUT2D eigenvalue weighted by atomic mass is 16.4. The van der Waals surface area contributed by atoms with E-state index in [1.165, 1.54) is 6.42 Å². The highest BCUT2D eigenvalue weighted by molar-refractivity contribution is 5.81. The monoisotopic (exact) mass is 284 g/mol. The number of carbonyl (C=O) groups is 2. The van der Waals surface area contributed by atoms with E-state index < -0.39 is 23.8 Å². The molecule has 0 heterocycles. The van der Waals surface area contributed by atoms with Gasteiger partial charge in [-0.2, -0.15) is 0 Å². The van der Waals surface area contributed by atoms with Crippen LogP contribution in [-0.2, 0) is 9.59 Å². The number of hydrogen-bond acceptors (Lipinski definition) is 2. The van der Waals surface area contributed by atoms with Crippen molar-refractivity contribution in [2.45, 2.75) is 65.2 Å². The quantitative estimate of drug-likeness (QED) is 0.632. The van der Waals surface area contributed by atoms with Crippen LogP contribution in [0, 0.1) is 23.7 Å². The van der Waals surface area contributed by atoms with Crippen LogP contribution >= 0.6 is 0 Å². The van der Waals surface area contributed by atoms with E-state index in [2.05, 4.69) is 6.92 Å². The normalized spacial score (nSPS) is 29.5. The Kier molecular flexibility index (Phi) is 7.03. The third kappa shape index (κ3) is 4.22. The van der Waals surface area contributed by atoms with Gasteiger partial charge in [0.25, 0.3) is 0 Å². The second-order valence-electron chi connectivity index (χ2n) is 6.12. The molecule has 0 bridgehead atoms. The molecule has 4 nitrogen and oxygen atoms in total. The highest BCUT2D eigenvalue weighted by Crippen LogP contribution is 2.46. The zero-order valence-corrected chi connectivity index (χ0v) is 12.7. The maximum atomic E-state index is 11.5. The first-order valence-corrected chi connectivity index (χ1v) is 7.98. The van der Waals surface area contributed by atoms with Crippen LogP contribution in [0.3, 0.4) is 0 Å². The largest absolute Gasteiger partial charge is 0.481 e. The van der Waals surface area contributed by atoms with Gasteiger partial charge in [-0.15, -0.1) is 0 Å². The van der Waals surface area contributed by atoms with Crippen molar-refractivity contribution < 1.29 is 19.8 Å². The van der Waals surface area contributed by atoms with Crippen LogP contribution in [0.4, 0.5) is 0 Å². The van der Waals surface area contributed by atoms with Crippen LogP contribution in [0.5, 0.6) is 0 Å². The summed E-state index contributed by atoms with van der Waals surface area (Å²) in [7, 11) is 0. The summed E-state index contributed by atoms with van der Waals surface area (Å²) >= 11 is 0. The Bertz CT molecular complexity index is 326. The van der Waals surface area contributed by atoms with Crippen LogP contribution in [0.25, 0.3) is 0 Å². The predicted octanol–water partition coefficient (Wildman–Crippen LogP) is 3.79. The molecule has 0 aromatic carbocycles. The van der Waals surface area contributed by atoms with Crippen molar-refractivity contribution in [2.75, 3.05) is 0 Å². The summed E-state index contributed by atoms with van der Waals surface area (Å²) in [6.45, 7) is 4.18. The summed E-state index contributed by atoms with van der Waals surface area (Å²) < 4.78 is 0. The van der Waals surface area contributed by atoms with Crippen LogP contribution in [-0.4, -0.2) is 22.2 Å². The Hall–Kier alpha value is -1.06. The molecule has 1 saturated carbocycles. The Morgan fingerprint density at radius 1 is 0.850 bits per heavy atom. The number of unbranched alkanes of at least 4 members (excludes halogenated alkanes) is 3. The number of carboxylic acids is 2. The van der Waals surface area contributed by atoms with E-state index in [9.17, 15) is 19.8 Å². The zero-order valence-electron chi connectivity index (χ0n) is 12.7. The highest BCUT2D eigenvalue weighted by Gasteiger charge is 2.49. The van der Waals surface area contributed by atoms with E-state index in [1.54, 1.807) is 0 Å². The number of aliphatic carboxylic acids is 2. The number of hydrogen-bond donors (Lipinski definition) is 2. The summed E-state index contributed by atoms with van der Waals surface area (Å²) in [5, 5.41) is 18.8. The minimum Gasteiger partial charge on any atom is -0.481 e. The van der Waals surface area contributed by atoms with Crippen molar-refractivity contribution in [2.24, 2.45) is 23.7 Å². The lowest BCUT2D eigenvalue weighted by Crippen LogP contribution is -2.31. The first kappa shape index (κ1) is 17.0. The first-order chi connectivity index (χ1) is 9.52. The van der Waals surface area contributed by atoms with Gasteiger partial charge in [0.1, 0.15) is 0 Å². The van der Waals surface area contributed by atoms with E-state index in [4.69, 9.17) is 0 Å². The third-order valence-corrected chi connectivity index (χ3v) is 4.67. The molecule has 116 valence electrons. The molecule has 20 heavy (non-hydrogen) atoms. The molecule has 1 aliphatic carbocycles. The fourth-order valence-electron chi connectivity index (χ4n) is 3.78. The maximum Gasteiger partial charge on any atom is 0.307 e. The molecule has 4 heteroatoms. The van der Waals surface area contributed by atoms with E-state index in [0.717, 1.165) is 44.9 Å². The van der Waals surface area contributed by atoms with Gasteiger partial charge < -0.3 is 10.2 Å². The molecule has 1 rings (SSSR count). The zero-order chi connectivity index (χ0) is 15.1. The standard InChI is InChI=1S/C16H28O4/c1-3-5-6-7-9-12-10-11(8-4-2)13(15(17)18)14(12)16(19)20/h11-14H,3-10H2,1-2H3,(H,17,18)(H,19,20). The van der Waals surface area contributed by atoms with E-state index >= 15 is 0 Å². The molecule has 0 spiro atoms. The lowest BCUT2D eigenvalue weighted by molar-refractivity contribution is -0.154. The Morgan fingerprint density at radius 3 is 1.85 bits per heavy atom. The minimum absolute atomic E-state index is 0.0368. The lowest BCUT2D eigenvalue weighted by Gasteiger charge is -2.19. The summed E-state index contributed by atoms with van der Waals surface area (Å²) in [4.78, 5) is 23.0. The van der Waals surface area contributed by atoms with E-state index in [0.29, 0.717) is 0 Å². The van der Waals surface area contributed by atoms with Gasteiger partial charge in [-0.1, -0.05) is 46.0 Å². The SMILES string of the molecule is CCCCCCC1CC(CCC)C(C(=O)O)C1C(=O)O. The molecule has 0 aromatic rings. The van der Waals surface area contributed by atoms with Crippen LogP contribution < -0.4 is 0 Å². The second kappa shape index (κ2) is 8.28. The van der Waals surface area contributed by atoms with Gasteiger partial charge in [-0.25, -0.2) is 0 Å². The Labute approximate surface area is 121 Å². The average molecular weight is 284 g/mol. The van der Waals surface area contributed by atoms with Gasteiger partial charge in [0.05, 0.1) is 11.8 Å². The molecule has 0 aromatic heterocycles. The molecule has 1 aliphatic rings. The summed E-state index contributed by atoms with van der Waals surface area (Å²) in [6.07, 6.45) is 7.85. The topological polar surface area (TPSA) is 74.6 Å². The van der Waals surface area contributed by atoms with Crippen LogP contribution in [0.1, 0.15) is 65.2 Å². The summed E-state index contributed by atoms with van der Waals surface area (Å²) in [6, 6.07) is 0. The fraction of sp³-hybridized carbons (Fsp3) is 0.875. The molecular weight excluding hydrogens is 256 g/mol. The van der Waals surface area contributed by atoms with Crippen molar-refractivity contribution in [1.29, 1.82) is 0 Å². The number of rotatable bonds is 9. The van der Waals surface area contributed by atoms with Gasteiger partial charge in [-0.3, -0.25) is 9.59 Å². The smallest absolute Gasteiger partial charge is 0.307 e. The van der Waals surface area contributed by atoms with Crippen molar-refractivity contribution in [3.63, 3.8) is 0 Å². The predicted molar refractivity (Wildman–Crippen MR) is 77.5 cm³/mol. The van der Waals surface area contributed by atoms with Crippen molar-refractivity contribution >= 4 is 11.9 Å². The Morgan fingerprint density at radius 2 is 1.40 bits per heavy atom. The minimum atomic E-state index is -0.924. The van der Waals surface area contributed by atoms with Crippen LogP contribution in [0.15, 0.2) is 0 Å². The van der Waals surface area contributed by atoms with Gasteiger partial charge in [-0.05, 0) is 31.1 Å². The molecule has 0 saturated heterocycles. The van der Waals surface area contributed by atoms with Crippen molar-refractivity contribution in [1.82, 2.24) is 0 Å². The lowest BCUT2D eigenvalue weighted by atomic mass is 9.84. The first-order valence-electron chi connectivity index (χ1n) is 7.98. The summed E-state index contributed by atoms with van der Waals surface area (Å²) in [5.41, 5.74) is 0. The van der Waals surface area contributed by atoms with Crippen molar-refractivity contribution in [3.8, 4) is 0 Å². The molecule has 0 radical (unpaired) electrons. The number of carboxylic acid groups (broad SMARTS) is 2. The van der Waals surface area contributed by atoms with Gasteiger partial charge in [0.15, 0.2) is 0 Å². The van der Waals surface area contributed by atoms with Crippen LogP contribution in [0.2, 0.25) is 0 Å². The fourth-order valence-corrected chi connectivity index (χ4v) is 3.78. The maximum absolute atomic E-state index is 11.5. The second-order valence-corrected chi connectivity index (χ2v) is 6.12. The van der Waals surface area contributed by atoms with E-state index in [-0.39, 0.29) is 11.8 Å². The average Bonchev–Trinajstić information content (AvgIpc) is 2.74. The van der Waals surface area contributed by atoms with Gasteiger partial charge in [0.2, 0.25) is 0 Å². The van der Waals surface area contributed by atoms with Gasteiger partial charge in [0, 0.05) is 0 Å². The van der Waals surface area contributed by atoms with Gasteiger partial charge >= 0.3 is 11.9 Å². The third-order valence-electron chi connectivity index (χ3n) is 4.67. The van der Waals surface area contributed by atoms with Crippen molar-refractivity contribution in [3.05, 3.63) is 0 Å². The molecule has 2 N–H and O–H groups in total. The molecule has 4 unspecified atom stereocenters. The molecule has 1 fully saturated rings.